The Morgan fingerprint density at radius 2 is 2.27 bits per heavy atom. The zero-order valence-corrected chi connectivity index (χ0v) is 10.5. The minimum Gasteiger partial charge on any atom is -0.369 e. The van der Waals surface area contributed by atoms with E-state index in [4.69, 9.17) is 0 Å². The Balaban J connectivity index is 2.58. The van der Waals surface area contributed by atoms with Crippen LogP contribution in [0.25, 0.3) is 0 Å². The summed E-state index contributed by atoms with van der Waals surface area (Å²) in [5.74, 6) is 1.62. The van der Waals surface area contributed by atoms with Gasteiger partial charge in [-0.3, -0.25) is 0 Å². The molecular weight excluding hydrogens is 208 g/mol. The van der Waals surface area contributed by atoms with Crippen molar-refractivity contribution in [3.05, 3.63) is 12.3 Å². The van der Waals surface area contributed by atoms with E-state index in [9.17, 15) is 0 Å². The normalized spacial score (nSPS) is 12.3. The van der Waals surface area contributed by atoms with Crippen LogP contribution in [0.5, 0.6) is 0 Å². The van der Waals surface area contributed by atoms with Crippen molar-refractivity contribution in [3.63, 3.8) is 0 Å². The van der Waals surface area contributed by atoms with Gasteiger partial charge in [-0.1, -0.05) is 6.92 Å². The second-order valence-corrected chi connectivity index (χ2v) is 4.84. The van der Waals surface area contributed by atoms with Gasteiger partial charge in [-0.25, -0.2) is 4.98 Å². The number of rotatable bonds is 5. The Kier molecular flexibility index (Phi) is 4.68. The van der Waals surface area contributed by atoms with E-state index in [1.807, 2.05) is 36.8 Å². The number of thioether (sulfide) groups is 1. The minimum absolute atomic E-state index is 0.586. The Labute approximate surface area is 95.5 Å². The summed E-state index contributed by atoms with van der Waals surface area (Å²) in [4.78, 5) is 10.4. The molecule has 1 unspecified atom stereocenters. The number of nitrogens with one attached hydrogen (secondary N) is 1. The Hall–Kier alpha value is -0.970. The van der Waals surface area contributed by atoms with Gasteiger partial charge in [0, 0.05) is 32.1 Å². The van der Waals surface area contributed by atoms with Crippen LogP contribution in [0.1, 0.15) is 6.92 Å². The largest absolute Gasteiger partial charge is 0.369 e. The fraction of sp³-hybridized carbons (Fsp3) is 0.600. The van der Waals surface area contributed by atoms with Crippen LogP contribution in [0.15, 0.2) is 12.3 Å². The molecule has 0 aliphatic carbocycles. The van der Waals surface area contributed by atoms with Crippen LogP contribution < -0.4 is 10.2 Å². The third kappa shape index (κ3) is 3.95. The fourth-order valence-electron chi connectivity index (χ4n) is 0.994. The van der Waals surface area contributed by atoms with Gasteiger partial charge in [0.2, 0.25) is 5.95 Å². The average Bonchev–Trinajstić information content (AvgIpc) is 2.26. The molecular formula is C10H18N4S. The molecule has 0 aliphatic rings. The van der Waals surface area contributed by atoms with E-state index < -0.39 is 0 Å². The van der Waals surface area contributed by atoms with Crippen LogP contribution >= 0.6 is 11.8 Å². The summed E-state index contributed by atoms with van der Waals surface area (Å²) >= 11 is 1.84. The highest BCUT2D eigenvalue weighted by Gasteiger charge is 2.02. The molecule has 4 nitrogen and oxygen atoms in total. The van der Waals surface area contributed by atoms with Gasteiger partial charge in [0.25, 0.3) is 0 Å². The lowest BCUT2D eigenvalue weighted by Crippen LogP contribution is -2.16. The molecule has 0 fully saturated rings. The van der Waals surface area contributed by atoms with Crippen LogP contribution in [0.2, 0.25) is 0 Å². The summed E-state index contributed by atoms with van der Waals surface area (Å²) < 4.78 is 0. The van der Waals surface area contributed by atoms with Gasteiger partial charge in [-0.15, -0.1) is 0 Å². The molecule has 1 aromatic rings. The van der Waals surface area contributed by atoms with E-state index >= 15 is 0 Å². The number of hydrogen-bond donors (Lipinski definition) is 1. The van der Waals surface area contributed by atoms with Gasteiger partial charge in [-0.05, 0) is 12.3 Å². The summed E-state index contributed by atoms with van der Waals surface area (Å²) in [6.45, 7) is 3.11. The topological polar surface area (TPSA) is 41.1 Å². The first kappa shape index (κ1) is 12.1. The molecule has 1 heterocycles. The van der Waals surface area contributed by atoms with E-state index in [1.54, 1.807) is 6.20 Å². The molecule has 0 bridgehead atoms. The van der Waals surface area contributed by atoms with Gasteiger partial charge in [-0.2, -0.15) is 16.7 Å². The molecule has 0 aliphatic heterocycles. The van der Waals surface area contributed by atoms with Crippen LogP contribution in [0.4, 0.5) is 11.8 Å². The molecule has 84 valence electrons. The van der Waals surface area contributed by atoms with Crippen LogP contribution in [0.3, 0.4) is 0 Å². The molecule has 0 saturated carbocycles. The molecule has 0 radical (unpaired) electrons. The maximum atomic E-state index is 4.37. The Bertz CT molecular complexity index is 303. The van der Waals surface area contributed by atoms with Crippen LogP contribution in [0, 0.1) is 0 Å². The van der Waals surface area contributed by atoms with E-state index in [-0.39, 0.29) is 0 Å². The van der Waals surface area contributed by atoms with Crippen molar-refractivity contribution in [1.29, 1.82) is 0 Å². The summed E-state index contributed by atoms with van der Waals surface area (Å²) in [7, 11) is 3.87. The molecule has 15 heavy (non-hydrogen) atoms. The molecule has 0 spiro atoms. The van der Waals surface area contributed by atoms with Crippen molar-refractivity contribution in [2.75, 3.05) is 37.1 Å². The zero-order valence-electron chi connectivity index (χ0n) is 9.69. The average molecular weight is 226 g/mol. The Morgan fingerprint density at radius 3 is 2.87 bits per heavy atom. The van der Waals surface area contributed by atoms with Gasteiger partial charge >= 0.3 is 0 Å². The van der Waals surface area contributed by atoms with Gasteiger partial charge in [0.15, 0.2) is 0 Å². The third-order valence-corrected chi connectivity index (χ3v) is 2.99. The highest BCUT2D eigenvalue weighted by molar-refractivity contribution is 7.99. The second-order valence-electron chi connectivity index (χ2n) is 3.56. The van der Waals surface area contributed by atoms with Gasteiger partial charge in [0.05, 0.1) is 0 Å². The van der Waals surface area contributed by atoms with Crippen molar-refractivity contribution in [3.8, 4) is 0 Å². The lowest BCUT2D eigenvalue weighted by atomic mass is 10.4. The molecule has 0 amide bonds. The third-order valence-electron chi connectivity index (χ3n) is 2.02. The summed E-state index contributed by atoms with van der Waals surface area (Å²) in [6.07, 6.45) is 3.88. The monoisotopic (exact) mass is 226 g/mol. The predicted octanol–water partition coefficient (Wildman–Crippen LogP) is 1.71. The van der Waals surface area contributed by atoms with Crippen LogP contribution in [-0.2, 0) is 0 Å². The van der Waals surface area contributed by atoms with E-state index in [2.05, 4.69) is 28.5 Å². The first-order chi connectivity index (χ1) is 7.13. The van der Waals surface area contributed by atoms with Gasteiger partial charge < -0.3 is 10.2 Å². The number of aromatic nitrogens is 2. The van der Waals surface area contributed by atoms with Crippen molar-refractivity contribution in [2.24, 2.45) is 0 Å². The van der Waals surface area contributed by atoms with Crippen molar-refractivity contribution in [2.45, 2.75) is 12.2 Å². The second kappa shape index (κ2) is 5.80. The molecule has 0 saturated heterocycles. The highest BCUT2D eigenvalue weighted by Crippen LogP contribution is 2.10. The quantitative estimate of drug-likeness (QED) is 0.827. The summed E-state index contributed by atoms with van der Waals surface area (Å²) in [5.41, 5.74) is 0. The first-order valence-electron chi connectivity index (χ1n) is 4.90. The lowest BCUT2D eigenvalue weighted by Gasteiger charge is -2.13. The SMILES string of the molecule is CSC(C)CNc1ccnc(N(C)C)n1. The van der Waals surface area contributed by atoms with Crippen molar-refractivity contribution >= 4 is 23.5 Å². The van der Waals surface area contributed by atoms with E-state index in [1.165, 1.54) is 0 Å². The summed E-state index contributed by atoms with van der Waals surface area (Å²) in [5, 5.41) is 3.88. The smallest absolute Gasteiger partial charge is 0.226 e. The molecule has 1 atom stereocenters. The van der Waals surface area contributed by atoms with Crippen LogP contribution in [-0.4, -0.2) is 42.1 Å². The molecule has 1 N–H and O–H groups in total. The molecule has 1 rings (SSSR count). The molecule has 5 heteroatoms. The van der Waals surface area contributed by atoms with Gasteiger partial charge in [0.1, 0.15) is 5.82 Å². The maximum Gasteiger partial charge on any atom is 0.226 e. The summed E-state index contributed by atoms with van der Waals surface area (Å²) in [6, 6.07) is 1.89. The highest BCUT2D eigenvalue weighted by atomic mass is 32.2. The number of nitrogens with zero attached hydrogens (tertiary/aromatic N) is 3. The number of hydrogen-bond acceptors (Lipinski definition) is 5. The lowest BCUT2D eigenvalue weighted by molar-refractivity contribution is 0.963. The fourth-order valence-corrected chi connectivity index (χ4v) is 1.24. The van der Waals surface area contributed by atoms with Crippen molar-refractivity contribution < 1.29 is 0 Å². The first-order valence-corrected chi connectivity index (χ1v) is 6.19. The Morgan fingerprint density at radius 1 is 1.53 bits per heavy atom. The maximum absolute atomic E-state index is 4.37. The standard InChI is InChI=1S/C10H18N4S/c1-8(15-4)7-12-9-5-6-11-10(13-9)14(2)3/h5-6,8H,7H2,1-4H3,(H,11,12,13). The molecule has 0 aromatic carbocycles. The van der Waals surface area contributed by atoms with Crippen molar-refractivity contribution in [1.82, 2.24) is 9.97 Å². The minimum atomic E-state index is 0.586. The van der Waals surface area contributed by atoms with E-state index in [0.29, 0.717) is 5.25 Å². The van der Waals surface area contributed by atoms with E-state index in [0.717, 1.165) is 18.3 Å². The number of anilines is 2. The zero-order chi connectivity index (χ0) is 11.3. The molecule has 1 aromatic heterocycles. The predicted molar refractivity (Wildman–Crippen MR) is 67.8 cm³/mol.